The van der Waals surface area contributed by atoms with Gasteiger partial charge in [0.05, 0.1) is 24.4 Å². The summed E-state index contributed by atoms with van der Waals surface area (Å²) in [6.45, 7) is 12.7. The standard InChI is InChI=1S/C18H30N6O/c1-18(2,3)24-13-16(11-20-24)12-21-7-9-22(10-8-21)14-17(25)15-23-6-4-5-19-23/h4-6,11,13,17,25H,7-10,12,14-15H2,1-3H3/t17-/m0/s1. The first-order valence-corrected chi connectivity index (χ1v) is 9.04. The number of β-amino-alcohol motifs (C(OH)–C–C–N with tert-alkyl or cyclic N) is 1. The predicted molar refractivity (Wildman–Crippen MR) is 97.2 cm³/mol. The van der Waals surface area contributed by atoms with Gasteiger partial charge in [0.25, 0.3) is 0 Å². The van der Waals surface area contributed by atoms with Crippen LogP contribution in [0, 0.1) is 0 Å². The van der Waals surface area contributed by atoms with Gasteiger partial charge in [-0.1, -0.05) is 0 Å². The largest absolute Gasteiger partial charge is 0.390 e. The van der Waals surface area contributed by atoms with Crippen LogP contribution in [-0.4, -0.2) is 73.3 Å². The van der Waals surface area contributed by atoms with Gasteiger partial charge in [0.1, 0.15) is 0 Å². The third-order valence-electron chi connectivity index (χ3n) is 4.62. The van der Waals surface area contributed by atoms with E-state index in [9.17, 15) is 5.11 Å². The van der Waals surface area contributed by atoms with Gasteiger partial charge in [-0.2, -0.15) is 10.2 Å². The summed E-state index contributed by atoms with van der Waals surface area (Å²) in [6.07, 6.45) is 7.38. The minimum atomic E-state index is -0.378. The fourth-order valence-electron chi connectivity index (χ4n) is 3.18. The number of nitrogens with zero attached hydrogens (tertiary/aromatic N) is 6. The van der Waals surface area contributed by atoms with E-state index in [1.54, 1.807) is 10.9 Å². The van der Waals surface area contributed by atoms with Gasteiger partial charge in [0.15, 0.2) is 0 Å². The van der Waals surface area contributed by atoms with Crippen LogP contribution in [-0.2, 0) is 18.6 Å². The van der Waals surface area contributed by atoms with Gasteiger partial charge in [0.2, 0.25) is 0 Å². The van der Waals surface area contributed by atoms with Crippen molar-refractivity contribution in [2.45, 2.75) is 45.5 Å². The van der Waals surface area contributed by atoms with Crippen LogP contribution in [0.3, 0.4) is 0 Å². The Kier molecular flexibility index (Phi) is 5.56. The maximum atomic E-state index is 10.2. The van der Waals surface area contributed by atoms with Crippen LogP contribution in [0.4, 0.5) is 0 Å². The number of aliphatic hydroxyl groups excluding tert-OH is 1. The zero-order chi connectivity index (χ0) is 17.9. The minimum absolute atomic E-state index is 0.0294. The molecule has 1 aliphatic rings. The van der Waals surface area contributed by atoms with Crippen molar-refractivity contribution >= 4 is 0 Å². The summed E-state index contributed by atoms with van der Waals surface area (Å²) >= 11 is 0. The Morgan fingerprint density at radius 1 is 1.08 bits per heavy atom. The van der Waals surface area contributed by atoms with Crippen molar-refractivity contribution in [2.75, 3.05) is 32.7 Å². The Balaban J connectivity index is 1.42. The zero-order valence-corrected chi connectivity index (χ0v) is 15.5. The number of piperazine rings is 1. The highest BCUT2D eigenvalue weighted by atomic mass is 16.3. The molecule has 0 spiro atoms. The smallest absolute Gasteiger partial charge is 0.0862 e. The number of hydrogen-bond donors (Lipinski definition) is 1. The van der Waals surface area contributed by atoms with Crippen LogP contribution in [0.1, 0.15) is 26.3 Å². The van der Waals surface area contributed by atoms with Crippen molar-refractivity contribution in [1.29, 1.82) is 0 Å². The molecule has 1 aliphatic heterocycles. The topological polar surface area (TPSA) is 62.4 Å². The van der Waals surface area contributed by atoms with Crippen molar-refractivity contribution in [3.63, 3.8) is 0 Å². The second-order valence-electron chi connectivity index (χ2n) is 7.92. The van der Waals surface area contributed by atoms with E-state index >= 15 is 0 Å². The molecular weight excluding hydrogens is 316 g/mol. The van der Waals surface area contributed by atoms with Crippen molar-refractivity contribution in [1.82, 2.24) is 29.4 Å². The number of aromatic nitrogens is 4. The lowest BCUT2D eigenvalue weighted by atomic mass is 10.1. The molecule has 1 atom stereocenters. The van der Waals surface area contributed by atoms with Crippen LogP contribution in [0.5, 0.6) is 0 Å². The summed E-state index contributed by atoms with van der Waals surface area (Å²) in [4.78, 5) is 4.80. The molecule has 2 aromatic heterocycles. The van der Waals surface area contributed by atoms with Gasteiger partial charge in [-0.25, -0.2) is 0 Å². The third kappa shape index (κ3) is 5.14. The third-order valence-corrected chi connectivity index (χ3v) is 4.62. The van der Waals surface area contributed by atoms with Gasteiger partial charge in [-0.3, -0.25) is 19.2 Å². The molecule has 7 heteroatoms. The lowest BCUT2D eigenvalue weighted by Gasteiger charge is -2.35. The first kappa shape index (κ1) is 18.1. The van der Waals surface area contributed by atoms with E-state index < -0.39 is 0 Å². The minimum Gasteiger partial charge on any atom is -0.390 e. The predicted octanol–water partition coefficient (Wildman–Crippen LogP) is 1.01. The zero-order valence-electron chi connectivity index (χ0n) is 15.5. The Morgan fingerprint density at radius 2 is 1.80 bits per heavy atom. The molecule has 25 heavy (non-hydrogen) atoms. The molecule has 0 saturated carbocycles. The molecule has 138 valence electrons. The Morgan fingerprint density at radius 3 is 2.40 bits per heavy atom. The van der Waals surface area contributed by atoms with E-state index in [4.69, 9.17) is 0 Å². The Labute approximate surface area is 149 Å². The number of hydrogen-bond acceptors (Lipinski definition) is 5. The highest BCUT2D eigenvalue weighted by Gasteiger charge is 2.21. The van der Waals surface area contributed by atoms with E-state index in [1.165, 1.54) is 5.56 Å². The molecule has 0 aromatic carbocycles. The van der Waals surface area contributed by atoms with E-state index in [2.05, 4.69) is 47.0 Å². The van der Waals surface area contributed by atoms with E-state index in [-0.39, 0.29) is 11.6 Å². The highest BCUT2D eigenvalue weighted by Crippen LogP contribution is 2.15. The summed E-state index contributed by atoms with van der Waals surface area (Å²) in [7, 11) is 0. The molecule has 0 unspecified atom stereocenters. The van der Waals surface area contributed by atoms with E-state index in [0.29, 0.717) is 13.1 Å². The molecule has 3 heterocycles. The summed E-state index contributed by atoms with van der Waals surface area (Å²) in [5, 5.41) is 18.9. The second-order valence-corrected chi connectivity index (χ2v) is 7.92. The van der Waals surface area contributed by atoms with Gasteiger partial charge in [-0.05, 0) is 26.8 Å². The molecule has 7 nitrogen and oxygen atoms in total. The fourth-order valence-corrected chi connectivity index (χ4v) is 3.18. The van der Waals surface area contributed by atoms with Gasteiger partial charge >= 0.3 is 0 Å². The molecular formula is C18H30N6O. The average Bonchev–Trinajstić information content (AvgIpc) is 3.20. The van der Waals surface area contributed by atoms with Crippen LogP contribution >= 0.6 is 0 Å². The Bertz CT molecular complexity index is 637. The van der Waals surface area contributed by atoms with Gasteiger partial charge in [-0.15, -0.1) is 0 Å². The summed E-state index contributed by atoms with van der Waals surface area (Å²) in [5.41, 5.74) is 1.30. The summed E-state index contributed by atoms with van der Waals surface area (Å²) < 4.78 is 3.82. The number of rotatable bonds is 6. The Hall–Kier alpha value is -1.70. The molecule has 1 fully saturated rings. The first-order valence-electron chi connectivity index (χ1n) is 9.04. The van der Waals surface area contributed by atoms with Crippen molar-refractivity contribution < 1.29 is 5.11 Å². The molecule has 0 aliphatic carbocycles. The summed E-state index contributed by atoms with van der Waals surface area (Å²) in [5.74, 6) is 0. The number of aliphatic hydroxyl groups is 1. The molecule has 3 rings (SSSR count). The molecule has 1 saturated heterocycles. The SMILES string of the molecule is CC(C)(C)n1cc(CN2CCN(C[C@H](O)Cn3cccn3)CC2)cn1. The van der Waals surface area contributed by atoms with E-state index in [1.807, 2.05) is 23.1 Å². The van der Waals surface area contributed by atoms with Crippen LogP contribution < -0.4 is 0 Å². The van der Waals surface area contributed by atoms with Gasteiger partial charge in [0, 0.05) is 63.4 Å². The lowest BCUT2D eigenvalue weighted by Crippen LogP contribution is -2.48. The average molecular weight is 346 g/mol. The fraction of sp³-hybridized carbons (Fsp3) is 0.667. The molecule has 0 bridgehead atoms. The van der Waals surface area contributed by atoms with Gasteiger partial charge < -0.3 is 5.11 Å². The molecule has 0 amide bonds. The lowest BCUT2D eigenvalue weighted by molar-refractivity contribution is 0.0605. The maximum absolute atomic E-state index is 10.2. The second kappa shape index (κ2) is 7.68. The quantitative estimate of drug-likeness (QED) is 0.846. The molecule has 1 N–H and O–H groups in total. The molecule has 0 radical (unpaired) electrons. The van der Waals surface area contributed by atoms with E-state index in [0.717, 1.165) is 32.7 Å². The summed E-state index contributed by atoms with van der Waals surface area (Å²) in [6, 6.07) is 1.88. The van der Waals surface area contributed by atoms with Crippen LogP contribution in [0.15, 0.2) is 30.9 Å². The van der Waals surface area contributed by atoms with Crippen molar-refractivity contribution in [3.8, 4) is 0 Å². The van der Waals surface area contributed by atoms with Crippen LogP contribution in [0.25, 0.3) is 0 Å². The first-order chi connectivity index (χ1) is 11.9. The maximum Gasteiger partial charge on any atom is 0.0862 e. The normalized spacial score (nSPS) is 18.6. The van der Waals surface area contributed by atoms with Crippen molar-refractivity contribution in [3.05, 3.63) is 36.4 Å². The molecule has 2 aromatic rings. The highest BCUT2D eigenvalue weighted by molar-refractivity contribution is 5.05. The van der Waals surface area contributed by atoms with Crippen molar-refractivity contribution in [2.24, 2.45) is 0 Å². The van der Waals surface area contributed by atoms with Crippen LogP contribution in [0.2, 0.25) is 0 Å². The monoisotopic (exact) mass is 346 g/mol.